The zero-order valence-corrected chi connectivity index (χ0v) is 30.4. The van der Waals surface area contributed by atoms with Gasteiger partial charge in [0, 0.05) is 28.7 Å². The SMILES string of the molecule is COC(=O)c1ccc(O[B]O)c(N)c1.COC(=O)c1ccc2c(c1)[nH]c(=O)c1nc(SC)ncc12.COC(=O)c1nc(SC)ncc1Br.Cl. The fraction of sp³-hybridized carbons (Fsp3) is 0.172. The maximum Gasteiger partial charge on any atom is 0.569 e. The molecule has 4 N–H and O–H groups in total. The van der Waals surface area contributed by atoms with E-state index in [1.165, 1.54) is 69.2 Å². The molecule has 257 valence electrons. The fourth-order valence-electron chi connectivity index (χ4n) is 3.79. The highest BCUT2D eigenvalue weighted by molar-refractivity contribution is 9.10. The number of hydrogen-bond donors (Lipinski definition) is 3. The first kappa shape index (κ1) is 40.7. The molecule has 0 aliphatic carbocycles. The molecule has 5 aromatic rings. The van der Waals surface area contributed by atoms with E-state index in [9.17, 15) is 19.2 Å². The number of nitrogen functional groups attached to an aromatic ring is 1. The van der Waals surface area contributed by atoms with E-state index >= 15 is 0 Å². The predicted octanol–water partition coefficient (Wildman–Crippen LogP) is 4.11. The van der Waals surface area contributed by atoms with Crippen LogP contribution in [-0.4, -0.2) is 89.4 Å². The number of pyridine rings is 1. The Morgan fingerprint density at radius 1 is 0.857 bits per heavy atom. The number of aromatic nitrogens is 5. The van der Waals surface area contributed by atoms with Crippen molar-refractivity contribution in [3.05, 3.63) is 80.4 Å². The molecule has 0 unspecified atom stereocenters. The Morgan fingerprint density at radius 3 is 2.00 bits per heavy atom. The first-order valence-electron chi connectivity index (χ1n) is 13.2. The van der Waals surface area contributed by atoms with E-state index in [0.717, 1.165) is 5.39 Å². The number of H-pyrrole nitrogens is 1. The standard InChI is InChI=1S/C14H11N3O3S.C8H9BNO4.C7H7BrN2O2S.ClH/c1-20-13(19)7-3-4-8-9-6-15-14(21-2)17-11(9)12(18)16-10(8)5-7;1-13-8(11)5-2-3-7(14-9-12)6(10)4-5;1-12-6(11)5-4(8)3-9-7(10-5)13-2;/h3-6H,1-2H3,(H,16,18);2-4,12H,10H2,1H3;3H,1-2H3;1H. The van der Waals surface area contributed by atoms with E-state index in [1.807, 2.05) is 12.5 Å². The average Bonchev–Trinajstić information content (AvgIpc) is 3.11. The molecule has 0 bridgehead atoms. The van der Waals surface area contributed by atoms with Crippen molar-refractivity contribution in [3.63, 3.8) is 0 Å². The Morgan fingerprint density at radius 2 is 1.43 bits per heavy atom. The molecule has 3 heterocycles. The summed E-state index contributed by atoms with van der Waals surface area (Å²) in [4.78, 5) is 65.0. The number of anilines is 1. The third-order valence-corrected chi connectivity index (χ3v) is 7.74. The van der Waals surface area contributed by atoms with Gasteiger partial charge < -0.3 is 34.6 Å². The molecule has 15 nitrogen and oxygen atoms in total. The van der Waals surface area contributed by atoms with Crippen molar-refractivity contribution in [3.8, 4) is 5.75 Å². The number of carbonyl (C=O) groups is 3. The Balaban J connectivity index is 0.000000264. The molecule has 0 saturated carbocycles. The lowest BCUT2D eigenvalue weighted by atomic mass is 10.1. The van der Waals surface area contributed by atoms with E-state index in [4.69, 9.17) is 10.8 Å². The van der Waals surface area contributed by atoms with Gasteiger partial charge in [0.2, 0.25) is 0 Å². The molecule has 20 heteroatoms. The van der Waals surface area contributed by atoms with Gasteiger partial charge in [-0.05, 0) is 58.8 Å². The van der Waals surface area contributed by atoms with Crippen LogP contribution in [-0.2, 0) is 14.2 Å². The number of aromatic amines is 1. The number of methoxy groups -OCH3 is 3. The molecule has 5 rings (SSSR count). The molecule has 1 radical (unpaired) electrons. The molecule has 49 heavy (non-hydrogen) atoms. The van der Waals surface area contributed by atoms with E-state index in [-0.39, 0.29) is 35.1 Å². The summed E-state index contributed by atoms with van der Waals surface area (Å²) in [6, 6.07) is 9.35. The van der Waals surface area contributed by atoms with Crippen molar-refractivity contribution < 1.29 is 38.3 Å². The minimum atomic E-state index is -0.476. The number of ether oxygens (including phenoxy) is 3. The van der Waals surface area contributed by atoms with E-state index in [1.54, 1.807) is 24.4 Å². The molecule has 0 fully saturated rings. The molecule has 0 atom stereocenters. The Labute approximate surface area is 302 Å². The van der Waals surface area contributed by atoms with Gasteiger partial charge in [0.25, 0.3) is 5.56 Å². The number of hydrogen-bond acceptors (Lipinski definition) is 16. The number of nitrogens with zero attached hydrogens (tertiary/aromatic N) is 4. The second-order valence-corrected chi connectivity index (χ2v) is 11.2. The largest absolute Gasteiger partial charge is 0.569 e. The van der Waals surface area contributed by atoms with Crippen LogP contribution in [0.4, 0.5) is 5.69 Å². The highest BCUT2D eigenvalue weighted by atomic mass is 79.9. The monoisotopic (exact) mass is 793 g/mol. The lowest BCUT2D eigenvalue weighted by molar-refractivity contribution is 0.0585. The van der Waals surface area contributed by atoms with Crippen LogP contribution in [0.25, 0.3) is 21.8 Å². The van der Waals surface area contributed by atoms with Crippen molar-refractivity contribution in [2.24, 2.45) is 0 Å². The van der Waals surface area contributed by atoms with E-state index < -0.39 is 17.9 Å². The molecular weight excluding hydrogens is 767 g/mol. The van der Waals surface area contributed by atoms with Crippen LogP contribution in [0.5, 0.6) is 5.75 Å². The van der Waals surface area contributed by atoms with Crippen molar-refractivity contribution in [1.29, 1.82) is 0 Å². The highest BCUT2D eigenvalue weighted by Gasteiger charge is 2.14. The van der Waals surface area contributed by atoms with Crippen LogP contribution in [0.1, 0.15) is 31.2 Å². The van der Waals surface area contributed by atoms with Crippen molar-refractivity contribution in [2.45, 2.75) is 10.3 Å². The van der Waals surface area contributed by atoms with Gasteiger partial charge in [0.1, 0.15) is 11.3 Å². The van der Waals surface area contributed by atoms with Gasteiger partial charge in [0.15, 0.2) is 16.0 Å². The van der Waals surface area contributed by atoms with Gasteiger partial charge in [-0.2, -0.15) is 0 Å². The number of fused-ring (bicyclic) bond motifs is 3. The van der Waals surface area contributed by atoms with Crippen LogP contribution in [0.15, 0.2) is 68.4 Å². The van der Waals surface area contributed by atoms with Crippen molar-refractivity contribution >= 4 is 105 Å². The summed E-state index contributed by atoms with van der Waals surface area (Å²) in [6.07, 6.45) is 6.85. The summed E-state index contributed by atoms with van der Waals surface area (Å²) in [5.41, 5.74) is 7.33. The van der Waals surface area contributed by atoms with Gasteiger partial charge in [0.05, 0.1) is 42.6 Å². The summed E-state index contributed by atoms with van der Waals surface area (Å²) in [6.45, 7) is 0. The van der Waals surface area contributed by atoms with E-state index in [0.29, 0.717) is 50.0 Å². The maximum atomic E-state index is 12.1. The lowest BCUT2D eigenvalue weighted by Crippen LogP contribution is -2.10. The van der Waals surface area contributed by atoms with Gasteiger partial charge in [-0.3, -0.25) is 4.79 Å². The molecule has 0 saturated heterocycles. The molecule has 3 aromatic heterocycles. The van der Waals surface area contributed by atoms with Gasteiger partial charge in [-0.25, -0.2) is 34.3 Å². The molecule has 0 aliphatic heterocycles. The topological polar surface area (TPSA) is 219 Å². The molecule has 0 spiro atoms. The average molecular weight is 795 g/mol. The van der Waals surface area contributed by atoms with Crippen LogP contribution in [0.2, 0.25) is 0 Å². The summed E-state index contributed by atoms with van der Waals surface area (Å²) in [5, 5.41) is 10.9. The number of halogens is 2. The minimum absolute atomic E-state index is 0. The summed E-state index contributed by atoms with van der Waals surface area (Å²) in [5.74, 6) is -1.12. The van der Waals surface area contributed by atoms with Crippen LogP contribution >= 0.6 is 51.9 Å². The first-order chi connectivity index (χ1) is 23.0. The first-order valence-corrected chi connectivity index (χ1v) is 16.5. The smallest absolute Gasteiger partial charge is 0.536 e. The zero-order valence-electron chi connectivity index (χ0n) is 26.4. The number of nitrogens with one attached hydrogen (secondary N) is 1. The van der Waals surface area contributed by atoms with E-state index in [2.05, 4.69) is 59.7 Å². The zero-order chi connectivity index (χ0) is 35.4. The Hall–Kier alpha value is -4.43. The van der Waals surface area contributed by atoms with Crippen molar-refractivity contribution in [1.82, 2.24) is 24.9 Å². The number of benzene rings is 2. The Bertz CT molecular complexity index is 2030. The number of rotatable bonds is 7. The van der Waals surface area contributed by atoms with Gasteiger partial charge in [-0.15, -0.1) is 12.4 Å². The quantitative estimate of drug-likeness (QED) is 0.0402. The fourth-order valence-corrected chi connectivity index (χ4v) is 4.82. The van der Waals surface area contributed by atoms with Crippen LogP contribution < -0.4 is 15.9 Å². The maximum absolute atomic E-state index is 12.1. The van der Waals surface area contributed by atoms with Gasteiger partial charge >= 0.3 is 25.6 Å². The number of thioether (sulfide) groups is 2. The molecular formula is C29H28BBrClN6O9S2. The van der Waals surface area contributed by atoms with Crippen LogP contribution in [0, 0.1) is 0 Å². The third-order valence-electron chi connectivity index (χ3n) is 6.04. The number of nitrogens with two attached hydrogens (primary N) is 1. The van der Waals surface area contributed by atoms with Crippen LogP contribution in [0.3, 0.4) is 0 Å². The number of esters is 3. The second kappa shape index (κ2) is 19.5. The number of carbonyl (C=O) groups excluding carboxylic acids is 3. The normalized spacial score (nSPS) is 9.94. The van der Waals surface area contributed by atoms with Gasteiger partial charge in [-0.1, -0.05) is 29.6 Å². The molecule has 2 aromatic carbocycles. The summed E-state index contributed by atoms with van der Waals surface area (Å²) in [7, 11) is 4.43. The second-order valence-electron chi connectivity index (χ2n) is 8.84. The van der Waals surface area contributed by atoms with Crippen molar-refractivity contribution in [2.75, 3.05) is 39.6 Å². The third kappa shape index (κ3) is 10.5. The minimum Gasteiger partial charge on any atom is -0.536 e. The molecule has 0 amide bonds. The summed E-state index contributed by atoms with van der Waals surface area (Å²) < 4.78 is 18.9. The highest BCUT2D eigenvalue weighted by Crippen LogP contribution is 2.23. The molecule has 0 aliphatic rings. The summed E-state index contributed by atoms with van der Waals surface area (Å²) >= 11 is 5.91. The lowest BCUT2D eigenvalue weighted by Gasteiger charge is -2.06. The Kier molecular flexibility index (Phi) is 16.3. The predicted molar refractivity (Wildman–Crippen MR) is 192 cm³/mol.